The standard InChI is InChI=1S/C16H25NO5S/c1-6-7-13(16(18)19)17-23(20,21)15-9-12(10(2)3)14(22-5)8-11(15)4/h8-10,13,17H,6-7H2,1-5H3,(H,18,19). The molecule has 0 heterocycles. The third-order valence-corrected chi connectivity index (χ3v) is 5.23. The van der Waals surface area contributed by atoms with Crippen LogP contribution < -0.4 is 9.46 Å². The minimum absolute atomic E-state index is 0.0745. The molecule has 0 fully saturated rings. The molecule has 0 aliphatic heterocycles. The van der Waals surface area contributed by atoms with E-state index in [1.165, 1.54) is 7.11 Å². The molecule has 1 unspecified atom stereocenters. The van der Waals surface area contributed by atoms with E-state index >= 15 is 0 Å². The second-order valence-electron chi connectivity index (χ2n) is 5.82. The molecule has 130 valence electrons. The van der Waals surface area contributed by atoms with E-state index in [1.807, 2.05) is 13.8 Å². The van der Waals surface area contributed by atoms with Gasteiger partial charge in [0.25, 0.3) is 0 Å². The number of carbonyl (C=O) groups is 1. The van der Waals surface area contributed by atoms with Gasteiger partial charge in [-0.1, -0.05) is 27.2 Å². The molecule has 0 spiro atoms. The third kappa shape index (κ3) is 4.68. The van der Waals surface area contributed by atoms with Crippen molar-refractivity contribution in [1.29, 1.82) is 0 Å². The summed E-state index contributed by atoms with van der Waals surface area (Å²) in [6.07, 6.45) is 0.805. The number of hydrogen-bond acceptors (Lipinski definition) is 4. The quantitative estimate of drug-likeness (QED) is 0.757. The van der Waals surface area contributed by atoms with Crippen molar-refractivity contribution in [2.75, 3.05) is 7.11 Å². The van der Waals surface area contributed by atoms with Crippen LogP contribution in [0.5, 0.6) is 5.75 Å². The predicted octanol–water partition coefficient (Wildman–Crippen LogP) is 2.66. The molecule has 1 rings (SSSR count). The van der Waals surface area contributed by atoms with Gasteiger partial charge in [-0.25, -0.2) is 8.42 Å². The van der Waals surface area contributed by atoms with Gasteiger partial charge in [0.2, 0.25) is 10.0 Å². The fourth-order valence-corrected chi connectivity index (χ4v) is 3.85. The van der Waals surface area contributed by atoms with Gasteiger partial charge in [0.1, 0.15) is 11.8 Å². The molecule has 1 aromatic carbocycles. The lowest BCUT2D eigenvalue weighted by molar-refractivity contribution is -0.139. The van der Waals surface area contributed by atoms with Crippen LogP contribution >= 0.6 is 0 Å². The summed E-state index contributed by atoms with van der Waals surface area (Å²) >= 11 is 0. The van der Waals surface area contributed by atoms with E-state index in [0.29, 0.717) is 17.7 Å². The van der Waals surface area contributed by atoms with Gasteiger partial charge in [-0.3, -0.25) is 4.79 Å². The first-order chi connectivity index (χ1) is 10.6. The highest BCUT2D eigenvalue weighted by Gasteiger charge is 2.27. The molecule has 0 aromatic heterocycles. The van der Waals surface area contributed by atoms with Crippen molar-refractivity contribution in [1.82, 2.24) is 4.72 Å². The Labute approximate surface area is 137 Å². The molecule has 23 heavy (non-hydrogen) atoms. The summed E-state index contributed by atoms with van der Waals surface area (Å²) < 4.78 is 32.8. The van der Waals surface area contributed by atoms with E-state index in [0.717, 1.165) is 5.56 Å². The molecule has 0 bridgehead atoms. The maximum absolute atomic E-state index is 12.6. The van der Waals surface area contributed by atoms with Crippen LogP contribution in [-0.4, -0.2) is 32.6 Å². The van der Waals surface area contributed by atoms with Crippen LogP contribution in [0.1, 0.15) is 50.7 Å². The Morgan fingerprint density at radius 3 is 2.39 bits per heavy atom. The van der Waals surface area contributed by atoms with Gasteiger partial charge in [0.15, 0.2) is 0 Å². The number of hydrogen-bond donors (Lipinski definition) is 2. The van der Waals surface area contributed by atoms with E-state index in [-0.39, 0.29) is 17.2 Å². The number of methoxy groups -OCH3 is 1. The van der Waals surface area contributed by atoms with Crippen molar-refractivity contribution in [3.8, 4) is 5.75 Å². The topological polar surface area (TPSA) is 92.7 Å². The molecular weight excluding hydrogens is 318 g/mol. The summed E-state index contributed by atoms with van der Waals surface area (Å²) in [5.74, 6) is -0.476. The zero-order valence-corrected chi connectivity index (χ0v) is 15.0. The largest absolute Gasteiger partial charge is 0.496 e. The maximum Gasteiger partial charge on any atom is 0.321 e. The number of sulfonamides is 1. The molecule has 1 aromatic rings. The van der Waals surface area contributed by atoms with E-state index in [9.17, 15) is 13.2 Å². The smallest absolute Gasteiger partial charge is 0.321 e. The molecule has 0 radical (unpaired) electrons. The molecular formula is C16H25NO5S. The average Bonchev–Trinajstić information content (AvgIpc) is 2.45. The summed E-state index contributed by atoms with van der Waals surface area (Å²) in [4.78, 5) is 11.3. The Morgan fingerprint density at radius 1 is 1.35 bits per heavy atom. The lowest BCUT2D eigenvalue weighted by Crippen LogP contribution is -2.40. The van der Waals surface area contributed by atoms with Crippen LogP contribution in [0.15, 0.2) is 17.0 Å². The van der Waals surface area contributed by atoms with Crippen molar-refractivity contribution < 1.29 is 23.1 Å². The second-order valence-corrected chi connectivity index (χ2v) is 7.50. The number of aryl methyl sites for hydroxylation is 1. The molecule has 0 saturated carbocycles. The van der Waals surface area contributed by atoms with Gasteiger partial charge in [-0.05, 0) is 42.5 Å². The minimum Gasteiger partial charge on any atom is -0.496 e. The number of rotatable bonds is 8. The highest BCUT2D eigenvalue weighted by Crippen LogP contribution is 2.31. The van der Waals surface area contributed by atoms with Crippen molar-refractivity contribution in [2.45, 2.75) is 57.4 Å². The monoisotopic (exact) mass is 343 g/mol. The van der Waals surface area contributed by atoms with E-state index in [2.05, 4.69) is 4.72 Å². The first-order valence-electron chi connectivity index (χ1n) is 7.57. The van der Waals surface area contributed by atoms with Crippen LogP contribution in [0.4, 0.5) is 0 Å². The molecule has 6 nitrogen and oxygen atoms in total. The van der Waals surface area contributed by atoms with Gasteiger partial charge >= 0.3 is 5.97 Å². The zero-order valence-electron chi connectivity index (χ0n) is 14.2. The van der Waals surface area contributed by atoms with Gasteiger partial charge in [0.05, 0.1) is 12.0 Å². The molecule has 1 atom stereocenters. The van der Waals surface area contributed by atoms with Gasteiger partial charge in [0, 0.05) is 0 Å². The Morgan fingerprint density at radius 2 is 1.96 bits per heavy atom. The summed E-state index contributed by atoms with van der Waals surface area (Å²) in [6, 6.07) is 2.10. The zero-order chi connectivity index (χ0) is 17.8. The molecule has 0 aliphatic carbocycles. The lowest BCUT2D eigenvalue weighted by Gasteiger charge is -2.18. The minimum atomic E-state index is -3.92. The number of aliphatic carboxylic acids is 1. The maximum atomic E-state index is 12.6. The highest BCUT2D eigenvalue weighted by molar-refractivity contribution is 7.89. The number of nitrogens with one attached hydrogen (secondary N) is 1. The number of carboxylic acid groups (broad SMARTS) is 1. The van der Waals surface area contributed by atoms with E-state index in [4.69, 9.17) is 9.84 Å². The molecule has 7 heteroatoms. The van der Waals surface area contributed by atoms with E-state index in [1.54, 1.807) is 26.0 Å². The molecule has 0 aliphatic rings. The van der Waals surface area contributed by atoms with E-state index < -0.39 is 22.0 Å². The summed E-state index contributed by atoms with van der Waals surface area (Å²) in [5.41, 5.74) is 1.28. The number of carboxylic acids is 1. The predicted molar refractivity (Wildman–Crippen MR) is 88.5 cm³/mol. The first kappa shape index (κ1) is 19.4. The summed E-state index contributed by atoms with van der Waals surface area (Å²) in [7, 11) is -2.39. The van der Waals surface area contributed by atoms with Crippen LogP contribution in [0.25, 0.3) is 0 Å². The Balaban J connectivity index is 3.32. The van der Waals surface area contributed by atoms with Crippen LogP contribution in [0.2, 0.25) is 0 Å². The lowest BCUT2D eigenvalue weighted by atomic mass is 10.0. The number of ether oxygens (including phenoxy) is 1. The van der Waals surface area contributed by atoms with Crippen molar-refractivity contribution in [3.63, 3.8) is 0 Å². The summed E-state index contributed by atoms with van der Waals surface area (Å²) in [6.45, 7) is 7.35. The Hall–Kier alpha value is -1.60. The first-order valence-corrected chi connectivity index (χ1v) is 9.06. The Kier molecular flexibility index (Phi) is 6.58. The van der Waals surface area contributed by atoms with Crippen molar-refractivity contribution >= 4 is 16.0 Å². The van der Waals surface area contributed by atoms with Crippen molar-refractivity contribution in [2.24, 2.45) is 0 Å². The van der Waals surface area contributed by atoms with Crippen LogP contribution in [0.3, 0.4) is 0 Å². The second kappa shape index (κ2) is 7.79. The van der Waals surface area contributed by atoms with Crippen molar-refractivity contribution in [3.05, 3.63) is 23.3 Å². The highest BCUT2D eigenvalue weighted by atomic mass is 32.2. The van der Waals surface area contributed by atoms with Crippen LogP contribution in [-0.2, 0) is 14.8 Å². The average molecular weight is 343 g/mol. The molecule has 0 saturated heterocycles. The van der Waals surface area contributed by atoms with Gasteiger partial charge < -0.3 is 9.84 Å². The van der Waals surface area contributed by atoms with Gasteiger partial charge in [-0.15, -0.1) is 0 Å². The summed E-state index contributed by atoms with van der Waals surface area (Å²) in [5, 5.41) is 9.16. The molecule has 2 N–H and O–H groups in total. The SMILES string of the molecule is CCCC(NS(=O)(=O)c1cc(C(C)C)c(OC)cc1C)C(=O)O. The van der Waals surface area contributed by atoms with Crippen LogP contribution in [0, 0.1) is 6.92 Å². The molecule has 0 amide bonds. The Bertz CT molecular complexity index is 667. The number of benzene rings is 1. The normalized spacial score (nSPS) is 13.1. The fourth-order valence-electron chi connectivity index (χ4n) is 2.37. The third-order valence-electron chi connectivity index (χ3n) is 3.61. The fraction of sp³-hybridized carbons (Fsp3) is 0.562. The van der Waals surface area contributed by atoms with Gasteiger partial charge in [-0.2, -0.15) is 4.72 Å².